The van der Waals surface area contributed by atoms with E-state index in [1.165, 1.54) is 0 Å². The number of fused-ring (bicyclic) bond motifs is 1. The van der Waals surface area contributed by atoms with Crippen LogP contribution < -0.4 is 11.5 Å². The van der Waals surface area contributed by atoms with Crippen molar-refractivity contribution in [1.29, 1.82) is 0 Å². The molecule has 4 heteroatoms. The van der Waals surface area contributed by atoms with E-state index in [9.17, 15) is 10.2 Å². The van der Waals surface area contributed by atoms with Gasteiger partial charge in [-0.3, -0.25) is 0 Å². The highest BCUT2D eigenvalue weighted by atomic mass is 16.3. The van der Waals surface area contributed by atoms with Crippen LogP contribution in [0.15, 0.2) is 24.3 Å². The van der Waals surface area contributed by atoms with E-state index < -0.39 is 0 Å². The SMILES string of the molecule is Nc1c(O)c(O)c(N)c2ccccc12. The van der Waals surface area contributed by atoms with Crippen molar-refractivity contribution < 1.29 is 10.2 Å². The molecule has 0 aliphatic heterocycles. The molecular formula is C10H10N2O2. The quantitative estimate of drug-likeness (QED) is 0.373. The fourth-order valence-electron chi connectivity index (χ4n) is 1.46. The molecule has 0 atom stereocenters. The molecule has 0 bridgehead atoms. The molecule has 0 spiro atoms. The van der Waals surface area contributed by atoms with E-state index in [4.69, 9.17) is 11.5 Å². The van der Waals surface area contributed by atoms with Crippen LogP contribution in [0.2, 0.25) is 0 Å². The van der Waals surface area contributed by atoms with Crippen molar-refractivity contribution in [2.75, 3.05) is 11.5 Å². The van der Waals surface area contributed by atoms with Crippen molar-refractivity contribution >= 4 is 22.1 Å². The molecule has 0 fully saturated rings. The van der Waals surface area contributed by atoms with E-state index in [2.05, 4.69) is 0 Å². The van der Waals surface area contributed by atoms with Crippen LogP contribution in [0.4, 0.5) is 11.4 Å². The molecule has 0 heterocycles. The summed E-state index contributed by atoms with van der Waals surface area (Å²) in [6, 6.07) is 7.05. The zero-order chi connectivity index (χ0) is 10.3. The topological polar surface area (TPSA) is 92.5 Å². The molecule has 0 amide bonds. The Morgan fingerprint density at radius 3 is 1.50 bits per heavy atom. The maximum absolute atomic E-state index is 9.43. The number of nitrogens with two attached hydrogens (primary N) is 2. The first-order valence-electron chi connectivity index (χ1n) is 4.10. The summed E-state index contributed by atoms with van der Waals surface area (Å²) in [5.41, 5.74) is 11.5. The number of hydrogen-bond acceptors (Lipinski definition) is 4. The van der Waals surface area contributed by atoms with Gasteiger partial charge in [-0.25, -0.2) is 0 Å². The standard InChI is InChI=1S/C10H10N2O2/c11-7-5-3-1-2-4-6(5)8(12)10(14)9(7)13/h1-4,13-14H,11-12H2. The van der Waals surface area contributed by atoms with Crippen LogP contribution in [0, 0.1) is 0 Å². The van der Waals surface area contributed by atoms with E-state index in [1.807, 2.05) is 0 Å². The molecule has 0 aromatic heterocycles. The highest BCUT2D eigenvalue weighted by Gasteiger charge is 2.13. The van der Waals surface area contributed by atoms with Gasteiger partial charge in [0.25, 0.3) is 0 Å². The van der Waals surface area contributed by atoms with Gasteiger partial charge in [0, 0.05) is 10.8 Å². The Balaban J connectivity index is 3.02. The summed E-state index contributed by atoms with van der Waals surface area (Å²) >= 11 is 0. The number of benzene rings is 2. The van der Waals surface area contributed by atoms with E-state index in [0.717, 1.165) is 0 Å². The minimum Gasteiger partial charge on any atom is -0.503 e. The van der Waals surface area contributed by atoms with Crippen LogP contribution in [0.5, 0.6) is 11.5 Å². The van der Waals surface area contributed by atoms with Crippen LogP contribution in [0.1, 0.15) is 0 Å². The summed E-state index contributed by atoms with van der Waals surface area (Å²) in [5.74, 6) is -0.720. The van der Waals surface area contributed by atoms with Gasteiger partial charge < -0.3 is 21.7 Å². The summed E-state index contributed by atoms with van der Waals surface area (Å²) in [7, 11) is 0. The number of nitrogen functional groups attached to an aromatic ring is 2. The van der Waals surface area contributed by atoms with Crippen LogP contribution >= 0.6 is 0 Å². The molecule has 2 rings (SSSR count). The Labute approximate surface area is 80.4 Å². The molecule has 2 aromatic rings. The highest BCUT2D eigenvalue weighted by molar-refractivity contribution is 6.05. The molecule has 4 nitrogen and oxygen atoms in total. The number of rotatable bonds is 0. The third-order valence-electron chi connectivity index (χ3n) is 2.24. The molecule has 0 saturated heterocycles. The minimum atomic E-state index is -0.360. The van der Waals surface area contributed by atoms with Crippen molar-refractivity contribution in [3.8, 4) is 11.5 Å². The minimum absolute atomic E-state index is 0.146. The molecule has 0 saturated carbocycles. The molecule has 6 N–H and O–H groups in total. The first-order chi connectivity index (χ1) is 6.63. The Morgan fingerprint density at radius 2 is 1.14 bits per heavy atom. The Bertz CT molecular complexity index is 462. The maximum atomic E-state index is 9.43. The molecule has 0 unspecified atom stereocenters. The van der Waals surface area contributed by atoms with Crippen molar-refractivity contribution in [3.63, 3.8) is 0 Å². The van der Waals surface area contributed by atoms with E-state index >= 15 is 0 Å². The van der Waals surface area contributed by atoms with Crippen LogP contribution in [-0.4, -0.2) is 10.2 Å². The molecule has 72 valence electrons. The van der Waals surface area contributed by atoms with Gasteiger partial charge in [0.15, 0.2) is 11.5 Å². The predicted molar refractivity (Wildman–Crippen MR) is 56.1 cm³/mol. The first kappa shape index (κ1) is 8.50. The number of phenolic OH excluding ortho intramolecular Hbond substituents is 2. The Hall–Kier alpha value is -2.10. The normalized spacial score (nSPS) is 10.6. The fourth-order valence-corrected chi connectivity index (χ4v) is 1.46. The molecule has 0 aliphatic rings. The smallest absolute Gasteiger partial charge is 0.183 e. The van der Waals surface area contributed by atoms with Gasteiger partial charge in [-0.05, 0) is 0 Å². The highest BCUT2D eigenvalue weighted by Crippen LogP contribution is 2.43. The monoisotopic (exact) mass is 190 g/mol. The predicted octanol–water partition coefficient (Wildman–Crippen LogP) is 1.42. The maximum Gasteiger partial charge on any atom is 0.183 e. The van der Waals surface area contributed by atoms with Crippen LogP contribution in [0.25, 0.3) is 10.8 Å². The fraction of sp³-hybridized carbons (Fsp3) is 0. The Morgan fingerprint density at radius 1 is 0.786 bits per heavy atom. The first-order valence-corrected chi connectivity index (χ1v) is 4.10. The summed E-state index contributed by atoms with van der Waals surface area (Å²) in [6.45, 7) is 0. The average Bonchev–Trinajstić information content (AvgIpc) is 2.23. The zero-order valence-corrected chi connectivity index (χ0v) is 7.36. The lowest BCUT2D eigenvalue weighted by Gasteiger charge is -2.09. The van der Waals surface area contributed by atoms with Crippen molar-refractivity contribution in [2.45, 2.75) is 0 Å². The van der Waals surface area contributed by atoms with Gasteiger partial charge in [-0.1, -0.05) is 24.3 Å². The molecular weight excluding hydrogens is 180 g/mol. The third kappa shape index (κ3) is 0.939. The largest absolute Gasteiger partial charge is 0.503 e. The van der Waals surface area contributed by atoms with Gasteiger partial charge in [0.05, 0.1) is 11.4 Å². The molecule has 14 heavy (non-hydrogen) atoms. The lowest BCUT2D eigenvalue weighted by atomic mass is 10.1. The van der Waals surface area contributed by atoms with Crippen LogP contribution in [-0.2, 0) is 0 Å². The van der Waals surface area contributed by atoms with E-state index in [1.54, 1.807) is 24.3 Å². The van der Waals surface area contributed by atoms with Gasteiger partial charge in [-0.15, -0.1) is 0 Å². The van der Waals surface area contributed by atoms with E-state index in [-0.39, 0.29) is 22.9 Å². The third-order valence-corrected chi connectivity index (χ3v) is 2.24. The van der Waals surface area contributed by atoms with Gasteiger partial charge in [0.1, 0.15) is 0 Å². The zero-order valence-electron chi connectivity index (χ0n) is 7.36. The second-order valence-corrected chi connectivity index (χ2v) is 3.07. The summed E-state index contributed by atoms with van der Waals surface area (Å²) < 4.78 is 0. The lowest BCUT2D eigenvalue weighted by molar-refractivity contribution is 0.408. The number of anilines is 2. The average molecular weight is 190 g/mol. The van der Waals surface area contributed by atoms with Gasteiger partial charge >= 0.3 is 0 Å². The van der Waals surface area contributed by atoms with Crippen LogP contribution in [0.3, 0.4) is 0 Å². The van der Waals surface area contributed by atoms with Crippen molar-refractivity contribution in [1.82, 2.24) is 0 Å². The lowest BCUT2D eigenvalue weighted by Crippen LogP contribution is -1.94. The summed E-state index contributed by atoms with van der Waals surface area (Å²) in [4.78, 5) is 0. The van der Waals surface area contributed by atoms with Gasteiger partial charge in [-0.2, -0.15) is 0 Å². The molecule has 2 aromatic carbocycles. The second kappa shape index (κ2) is 2.70. The summed E-state index contributed by atoms with van der Waals surface area (Å²) in [5, 5.41) is 20.1. The number of phenols is 2. The van der Waals surface area contributed by atoms with Crippen molar-refractivity contribution in [2.24, 2.45) is 0 Å². The summed E-state index contributed by atoms with van der Waals surface area (Å²) in [6.07, 6.45) is 0. The van der Waals surface area contributed by atoms with Crippen molar-refractivity contribution in [3.05, 3.63) is 24.3 Å². The molecule has 0 radical (unpaired) electrons. The van der Waals surface area contributed by atoms with E-state index in [0.29, 0.717) is 10.8 Å². The molecule has 0 aliphatic carbocycles. The second-order valence-electron chi connectivity index (χ2n) is 3.07. The number of aromatic hydroxyl groups is 2. The van der Waals surface area contributed by atoms with Gasteiger partial charge in [0.2, 0.25) is 0 Å². The Kier molecular flexibility index (Phi) is 1.64. The number of hydrogen-bond donors (Lipinski definition) is 4.